The van der Waals surface area contributed by atoms with E-state index in [0.717, 1.165) is 6.07 Å². The summed E-state index contributed by atoms with van der Waals surface area (Å²) in [5.41, 5.74) is -0.651. The average molecular weight is 286 g/mol. The maximum absolute atomic E-state index is 12.8. The van der Waals surface area contributed by atoms with E-state index >= 15 is 0 Å². The lowest BCUT2D eigenvalue weighted by atomic mass is 10.3. The molecular weight excluding hydrogens is 276 g/mol. The molecule has 1 heterocycles. The van der Waals surface area contributed by atoms with Crippen LogP contribution in [0.3, 0.4) is 0 Å². The molecule has 8 heteroatoms. The number of halogens is 4. The van der Waals surface area contributed by atoms with Crippen LogP contribution in [0.1, 0.15) is 5.69 Å². The van der Waals surface area contributed by atoms with Gasteiger partial charge in [0.1, 0.15) is 11.6 Å². The van der Waals surface area contributed by atoms with E-state index < -0.39 is 17.7 Å². The molecule has 1 aromatic heterocycles. The first-order valence-corrected chi connectivity index (χ1v) is 5.55. The summed E-state index contributed by atoms with van der Waals surface area (Å²) in [5, 5.41) is 5.11. The summed E-state index contributed by atoms with van der Waals surface area (Å²) in [6.07, 6.45) is -4.58. The van der Waals surface area contributed by atoms with Gasteiger partial charge in [0.15, 0.2) is 5.69 Å². The van der Waals surface area contributed by atoms with Crippen LogP contribution in [0.15, 0.2) is 30.3 Å². The molecule has 0 fully saturated rings. The number of rotatable bonds is 3. The number of aromatic nitrogens is 2. The molecule has 0 amide bonds. The number of nitrogens with one attached hydrogen (secondary N) is 2. The topological polar surface area (TPSA) is 49.8 Å². The van der Waals surface area contributed by atoms with Crippen LogP contribution in [0.5, 0.6) is 0 Å². The summed E-state index contributed by atoms with van der Waals surface area (Å²) in [7, 11) is 1.41. The van der Waals surface area contributed by atoms with E-state index in [1.807, 2.05) is 0 Å². The van der Waals surface area contributed by atoms with E-state index in [1.54, 1.807) is 0 Å². The van der Waals surface area contributed by atoms with Crippen molar-refractivity contribution in [1.29, 1.82) is 0 Å². The molecule has 2 rings (SSSR count). The summed E-state index contributed by atoms with van der Waals surface area (Å²) >= 11 is 0. The van der Waals surface area contributed by atoms with Crippen molar-refractivity contribution in [3.8, 4) is 0 Å². The molecule has 2 aromatic rings. The molecule has 20 heavy (non-hydrogen) atoms. The highest BCUT2D eigenvalue weighted by atomic mass is 19.4. The highest BCUT2D eigenvalue weighted by Crippen LogP contribution is 2.30. The van der Waals surface area contributed by atoms with Crippen molar-refractivity contribution in [3.05, 3.63) is 41.8 Å². The van der Waals surface area contributed by atoms with Gasteiger partial charge in [-0.1, -0.05) is 0 Å². The number of alkyl halides is 3. The minimum atomic E-state index is -4.58. The second-order valence-electron chi connectivity index (χ2n) is 3.84. The van der Waals surface area contributed by atoms with Gasteiger partial charge in [-0.3, -0.25) is 0 Å². The predicted octanol–water partition coefficient (Wildman–Crippen LogP) is 3.42. The van der Waals surface area contributed by atoms with E-state index in [-0.39, 0.29) is 11.8 Å². The minimum absolute atomic E-state index is 0.0386. The molecule has 0 radical (unpaired) electrons. The first-order chi connectivity index (χ1) is 9.38. The Bertz CT molecular complexity index is 595. The maximum Gasteiger partial charge on any atom is 0.433 e. The third kappa shape index (κ3) is 3.34. The molecular formula is C12H10F4N4. The van der Waals surface area contributed by atoms with Crippen molar-refractivity contribution < 1.29 is 17.6 Å². The smallest absolute Gasteiger partial charge is 0.357 e. The van der Waals surface area contributed by atoms with Crippen molar-refractivity contribution in [1.82, 2.24) is 9.97 Å². The first-order valence-electron chi connectivity index (χ1n) is 5.55. The van der Waals surface area contributed by atoms with Crippen molar-refractivity contribution in [3.63, 3.8) is 0 Å². The number of nitrogens with zero attached hydrogens (tertiary/aromatic N) is 2. The zero-order chi connectivity index (χ0) is 14.8. The lowest BCUT2D eigenvalue weighted by Crippen LogP contribution is -2.12. The summed E-state index contributed by atoms with van der Waals surface area (Å²) in [6.45, 7) is 0. The largest absolute Gasteiger partial charge is 0.433 e. The van der Waals surface area contributed by atoms with E-state index in [2.05, 4.69) is 20.6 Å². The van der Waals surface area contributed by atoms with Crippen LogP contribution in [-0.2, 0) is 6.18 Å². The third-order valence-corrected chi connectivity index (χ3v) is 2.36. The van der Waals surface area contributed by atoms with Crippen LogP contribution in [-0.4, -0.2) is 17.0 Å². The lowest BCUT2D eigenvalue weighted by molar-refractivity contribution is -0.141. The van der Waals surface area contributed by atoms with Gasteiger partial charge in [-0.05, 0) is 24.3 Å². The molecule has 0 saturated carbocycles. The van der Waals surface area contributed by atoms with Gasteiger partial charge in [0.2, 0.25) is 5.95 Å². The predicted molar refractivity (Wildman–Crippen MR) is 66.3 cm³/mol. The normalized spacial score (nSPS) is 11.2. The fourth-order valence-electron chi connectivity index (χ4n) is 1.45. The lowest BCUT2D eigenvalue weighted by Gasteiger charge is -2.11. The Morgan fingerprint density at radius 2 is 1.70 bits per heavy atom. The molecule has 0 spiro atoms. The molecule has 0 aliphatic rings. The number of hydrogen-bond donors (Lipinski definition) is 2. The van der Waals surface area contributed by atoms with Gasteiger partial charge in [-0.2, -0.15) is 18.2 Å². The SMILES string of the molecule is CNc1nc(Nc2ccc(F)cc2)cc(C(F)(F)F)n1. The van der Waals surface area contributed by atoms with Gasteiger partial charge in [-0.25, -0.2) is 9.37 Å². The summed E-state index contributed by atoms with van der Waals surface area (Å²) in [5.74, 6) is -0.641. The Morgan fingerprint density at radius 1 is 1.05 bits per heavy atom. The molecule has 4 nitrogen and oxygen atoms in total. The van der Waals surface area contributed by atoms with Crippen LogP contribution in [0, 0.1) is 5.82 Å². The van der Waals surface area contributed by atoms with Crippen molar-refractivity contribution in [2.24, 2.45) is 0 Å². The van der Waals surface area contributed by atoms with Gasteiger partial charge >= 0.3 is 6.18 Å². The quantitative estimate of drug-likeness (QED) is 0.849. The van der Waals surface area contributed by atoms with Crippen molar-refractivity contribution in [2.45, 2.75) is 6.18 Å². The molecule has 0 bridgehead atoms. The Labute approximate surface area is 111 Å². The monoisotopic (exact) mass is 286 g/mol. The van der Waals surface area contributed by atoms with Gasteiger partial charge in [-0.15, -0.1) is 0 Å². The van der Waals surface area contributed by atoms with Crippen LogP contribution >= 0.6 is 0 Å². The minimum Gasteiger partial charge on any atom is -0.357 e. The second-order valence-corrected chi connectivity index (χ2v) is 3.84. The Balaban J connectivity index is 2.33. The van der Waals surface area contributed by atoms with E-state index in [4.69, 9.17) is 0 Å². The zero-order valence-corrected chi connectivity index (χ0v) is 10.3. The first kappa shape index (κ1) is 14.0. The van der Waals surface area contributed by atoms with Gasteiger partial charge in [0, 0.05) is 18.8 Å². The number of hydrogen-bond acceptors (Lipinski definition) is 4. The van der Waals surface area contributed by atoms with Gasteiger partial charge in [0.25, 0.3) is 0 Å². The highest BCUT2D eigenvalue weighted by Gasteiger charge is 2.33. The Kier molecular flexibility index (Phi) is 3.73. The van der Waals surface area contributed by atoms with Gasteiger partial charge in [0.05, 0.1) is 0 Å². The van der Waals surface area contributed by atoms with Gasteiger partial charge < -0.3 is 10.6 Å². The summed E-state index contributed by atoms with van der Waals surface area (Å²) < 4.78 is 50.8. The summed E-state index contributed by atoms with van der Waals surface area (Å²) in [6, 6.07) is 5.94. The third-order valence-electron chi connectivity index (χ3n) is 2.36. The van der Waals surface area contributed by atoms with Crippen LogP contribution in [0.25, 0.3) is 0 Å². The molecule has 0 unspecified atom stereocenters. The second kappa shape index (κ2) is 5.32. The van der Waals surface area contributed by atoms with E-state index in [1.165, 1.54) is 31.3 Å². The molecule has 1 aromatic carbocycles. The Morgan fingerprint density at radius 3 is 2.25 bits per heavy atom. The van der Waals surface area contributed by atoms with Crippen LogP contribution in [0.2, 0.25) is 0 Å². The number of anilines is 3. The molecule has 0 atom stereocenters. The maximum atomic E-state index is 12.8. The van der Waals surface area contributed by atoms with E-state index in [0.29, 0.717) is 5.69 Å². The average Bonchev–Trinajstić information content (AvgIpc) is 2.40. The fourth-order valence-corrected chi connectivity index (χ4v) is 1.45. The van der Waals surface area contributed by atoms with Crippen LogP contribution < -0.4 is 10.6 Å². The standard InChI is InChI=1S/C12H10F4N4/c1-17-11-19-9(12(14,15)16)6-10(20-11)18-8-4-2-7(13)3-5-8/h2-6H,1H3,(H2,17,18,19,20). The highest BCUT2D eigenvalue weighted by molar-refractivity contribution is 5.57. The molecule has 2 N–H and O–H groups in total. The molecule has 0 saturated heterocycles. The molecule has 0 aliphatic carbocycles. The number of benzene rings is 1. The van der Waals surface area contributed by atoms with E-state index in [9.17, 15) is 17.6 Å². The summed E-state index contributed by atoms with van der Waals surface area (Å²) in [4.78, 5) is 7.19. The van der Waals surface area contributed by atoms with Crippen molar-refractivity contribution >= 4 is 17.5 Å². The Hall–Kier alpha value is -2.38. The van der Waals surface area contributed by atoms with Crippen LogP contribution in [0.4, 0.5) is 35.0 Å². The zero-order valence-electron chi connectivity index (χ0n) is 10.3. The molecule has 106 valence electrons. The molecule has 0 aliphatic heterocycles. The fraction of sp³-hybridized carbons (Fsp3) is 0.167. The van der Waals surface area contributed by atoms with Crippen molar-refractivity contribution in [2.75, 3.05) is 17.7 Å².